The van der Waals surface area contributed by atoms with Gasteiger partial charge in [-0.25, -0.2) is 9.78 Å². The predicted octanol–water partition coefficient (Wildman–Crippen LogP) is 3.51. The van der Waals surface area contributed by atoms with Gasteiger partial charge < -0.3 is 4.74 Å². The monoisotopic (exact) mass is 414 g/mol. The van der Waals surface area contributed by atoms with Crippen molar-refractivity contribution in [2.75, 3.05) is 6.61 Å². The van der Waals surface area contributed by atoms with E-state index in [2.05, 4.69) is 10.3 Å². The molecule has 0 saturated heterocycles. The SMILES string of the molecule is O=C(COC(=O)c1csc(-c2cccc(Cl)c2)n1)NC(=O)Cc1ccccc1. The maximum atomic E-state index is 12.1. The smallest absolute Gasteiger partial charge is 0.358 e. The number of thiazole rings is 1. The van der Waals surface area contributed by atoms with E-state index in [1.54, 1.807) is 42.5 Å². The lowest BCUT2D eigenvalue weighted by Gasteiger charge is -2.05. The lowest BCUT2D eigenvalue weighted by molar-refractivity contribution is -0.132. The normalized spacial score (nSPS) is 10.3. The molecule has 0 bridgehead atoms. The highest BCUT2D eigenvalue weighted by Crippen LogP contribution is 2.26. The highest BCUT2D eigenvalue weighted by Gasteiger charge is 2.16. The summed E-state index contributed by atoms with van der Waals surface area (Å²) in [5.74, 6) is -1.90. The van der Waals surface area contributed by atoms with Gasteiger partial charge in [0.1, 0.15) is 5.01 Å². The van der Waals surface area contributed by atoms with Crippen LogP contribution in [0.5, 0.6) is 0 Å². The summed E-state index contributed by atoms with van der Waals surface area (Å²) < 4.78 is 4.93. The van der Waals surface area contributed by atoms with Gasteiger partial charge in [0.2, 0.25) is 5.91 Å². The van der Waals surface area contributed by atoms with Crippen LogP contribution >= 0.6 is 22.9 Å². The number of imide groups is 1. The van der Waals surface area contributed by atoms with Crippen molar-refractivity contribution in [1.29, 1.82) is 0 Å². The van der Waals surface area contributed by atoms with Crippen molar-refractivity contribution in [1.82, 2.24) is 10.3 Å². The van der Waals surface area contributed by atoms with E-state index in [1.165, 1.54) is 16.7 Å². The number of aromatic nitrogens is 1. The second-order valence-electron chi connectivity index (χ2n) is 5.76. The molecule has 0 saturated carbocycles. The number of benzene rings is 2. The van der Waals surface area contributed by atoms with Crippen molar-refractivity contribution in [2.45, 2.75) is 6.42 Å². The lowest BCUT2D eigenvalue weighted by Crippen LogP contribution is -2.35. The molecule has 0 aliphatic carbocycles. The van der Waals surface area contributed by atoms with Crippen molar-refractivity contribution in [3.63, 3.8) is 0 Å². The minimum Gasteiger partial charge on any atom is -0.451 e. The number of hydrogen-bond acceptors (Lipinski definition) is 6. The second kappa shape index (κ2) is 9.25. The molecule has 0 fully saturated rings. The molecule has 8 heteroatoms. The molecule has 2 aromatic carbocycles. The van der Waals surface area contributed by atoms with Crippen molar-refractivity contribution in [3.8, 4) is 10.6 Å². The molecule has 0 aliphatic heterocycles. The molecular weight excluding hydrogens is 400 g/mol. The topological polar surface area (TPSA) is 85.4 Å². The third-order valence-electron chi connectivity index (χ3n) is 3.61. The number of ether oxygens (including phenoxy) is 1. The van der Waals surface area contributed by atoms with Gasteiger partial charge in [0.05, 0.1) is 6.42 Å². The molecule has 28 heavy (non-hydrogen) atoms. The van der Waals surface area contributed by atoms with Gasteiger partial charge in [-0.3, -0.25) is 14.9 Å². The number of nitrogens with one attached hydrogen (secondary N) is 1. The summed E-state index contributed by atoms with van der Waals surface area (Å²) in [6, 6.07) is 16.1. The average molecular weight is 415 g/mol. The number of carbonyl (C=O) groups is 3. The van der Waals surface area contributed by atoms with Crippen LogP contribution in [0.2, 0.25) is 5.02 Å². The van der Waals surface area contributed by atoms with Crippen LogP contribution < -0.4 is 5.32 Å². The highest BCUT2D eigenvalue weighted by molar-refractivity contribution is 7.13. The molecule has 3 rings (SSSR count). The van der Waals surface area contributed by atoms with Crippen LogP contribution in [0.3, 0.4) is 0 Å². The number of nitrogens with zero attached hydrogens (tertiary/aromatic N) is 1. The molecular formula is C20H15ClN2O4S. The molecule has 0 unspecified atom stereocenters. The fourth-order valence-electron chi connectivity index (χ4n) is 2.34. The number of amides is 2. The molecule has 6 nitrogen and oxygen atoms in total. The van der Waals surface area contributed by atoms with E-state index < -0.39 is 24.4 Å². The summed E-state index contributed by atoms with van der Waals surface area (Å²) in [6.07, 6.45) is 0.0651. The first-order chi connectivity index (χ1) is 13.5. The van der Waals surface area contributed by atoms with E-state index in [-0.39, 0.29) is 12.1 Å². The number of carbonyl (C=O) groups excluding carboxylic acids is 3. The van der Waals surface area contributed by atoms with Gasteiger partial charge in [-0.05, 0) is 17.7 Å². The first-order valence-electron chi connectivity index (χ1n) is 8.26. The van der Waals surface area contributed by atoms with E-state index >= 15 is 0 Å². The molecule has 0 atom stereocenters. The largest absolute Gasteiger partial charge is 0.451 e. The van der Waals surface area contributed by atoms with Crippen molar-refractivity contribution < 1.29 is 19.1 Å². The summed E-state index contributed by atoms with van der Waals surface area (Å²) in [5.41, 5.74) is 1.64. The maximum absolute atomic E-state index is 12.1. The van der Waals surface area contributed by atoms with Crippen LogP contribution in [0, 0.1) is 0 Å². The fraction of sp³-hybridized carbons (Fsp3) is 0.100. The predicted molar refractivity (Wildman–Crippen MR) is 106 cm³/mol. The van der Waals surface area contributed by atoms with Gasteiger partial charge in [0.15, 0.2) is 12.3 Å². The Morgan fingerprint density at radius 2 is 1.82 bits per heavy atom. The van der Waals surface area contributed by atoms with E-state index in [0.717, 1.165) is 11.1 Å². The molecule has 0 aliphatic rings. The third kappa shape index (κ3) is 5.48. The summed E-state index contributed by atoms with van der Waals surface area (Å²) in [7, 11) is 0. The Hall–Kier alpha value is -3.03. The first-order valence-corrected chi connectivity index (χ1v) is 9.52. The van der Waals surface area contributed by atoms with E-state index in [0.29, 0.717) is 10.0 Å². The zero-order valence-corrected chi connectivity index (χ0v) is 16.1. The van der Waals surface area contributed by atoms with Crippen molar-refractivity contribution in [3.05, 3.63) is 76.3 Å². The number of halogens is 1. The zero-order chi connectivity index (χ0) is 19.9. The summed E-state index contributed by atoms with van der Waals surface area (Å²) >= 11 is 7.22. The quantitative estimate of drug-likeness (QED) is 0.624. The van der Waals surface area contributed by atoms with Gasteiger partial charge in [0.25, 0.3) is 5.91 Å². The van der Waals surface area contributed by atoms with Gasteiger partial charge in [0, 0.05) is 16.0 Å². The lowest BCUT2D eigenvalue weighted by atomic mass is 10.1. The van der Waals surface area contributed by atoms with E-state index in [4.69, 9.17) is 16.3 Å². The summed E-state index contributed by atoms with van der Waals surface area (Å²) in [5, 5.41) is 4.90. The summed E-state index contributed by atoms with van der Waals surface area (Å²) in [4.78, 5) is 39.9. The van der Waals surface area contributed by atoms with Crippen LogP contribution in [0.15, 0.2) is 60.0 Å². The van der Waals surface area contributed by atoms with Crippen molar-refractivity contribution >= 4 is 40.7 Å². The molecule has 1 aromatic heterocycles. The molecule has 1 N–H and O–H groups in total. The van der Waals surface area contributed by atoms with Crippen LogP contribution in [-0.4, -0.2) is 29.4 Å². The number of hydrogen-bond donors (Lipinski definition) is 1. The maximum Gasteiger partial charge on any atom is 0.358 e. The molecule has 0 spiro atoms. The molecule has 3 aromatic rings. The van der Waals surface area contributed by atoms with Gasteiger partial charge in [-0.15, -0.1) is 11.3 Å². The molecule has 1 heterocycles. The Morgan fingerprint density at radius 3 is 2.57 bits per heavy atom. The van der Waals surface area contributed by atoms with E-state index in [9.17, 15) is 14.4 Å². The van der Waals surface area contributed by atoms with Crippen LogP contribution in [0.1, 0.15) is 16.1 Å². The van der Waals surface area contributed by atoms with Crippen LogP contribution in [0.4, 0.5) is 0 Å². The van der Waals surface area contributed by atoms with Gasteiger partial charge in [-0.1, -0.05) is 54.1 Å². The Labute approximate surface area is 170 Å². The van der Waals surface area contributed by atoms with Crippen molar-refractivity contribution in [2.24, 2.45) is 0 Å². The zero-order valence-electron chi connectivity index (χ0n) is 14.6. The summed E-state index contributed by atoms with van der Waals surface area (Å²) in [6.45, 7) is -0.566. The minimum atomic E-state index is -0.741. The van der Waals surface area contributed by atoms with Gasteiger partial charge in [-0.2, -0.15) is 0 Å². The molecule has 0 radical (unpaired) electrons. The standard InChI is InChI=1S/C20H15ClN2O4S/c21-15-8-4-7-14(10-15)19-22-16(12-28-19)20(26)27-11-18(25)23-17(24)9-13-5-2-1-3-6-13/h1-8,10,12H,9,11H2,(H,23,24,25). The Bertz CT molecular complexity index is 1000. The number of rotatable bonds is 6. The average Bonchev–Trinajstić information content (AvgIpc) is 3.17. The Morgan fingerprint density at radius 1 is 1.04 bits per heavy atom. The van der Waals surface area contributed by atoms with Crippen LogP contribution in [-0.2, 0) is 20.7 Å². The Balaban J connectivity index is 1.50. The molecule has 142 valence electrons. The minimum absolute atomic E-state index is 0.0651. The fourth-order valence-corrected chi connectivity index (χ4v) is 3.32. The first kappa shape index (κ1) is 19.7. The highest BCUT2D eigenvalue weighted by atomic mass is 35.5. The second-order valence-corrected chi connectivity index (χ2v) is 7.05. The third-order valence-corrected chi connectivity index (χ3v) is 4.73. The van der Waals surface area contributed by atoms with Crippen LogP contribution in [0.25, 0.3) is 10.6 Å². The van der Waals surface area contributed by atoms with Gasteiger partial charge >= 0.3 is 5.97 Å². The van der Waals surface area contributed by atoms with E-state index in [1.807, 2.05) is 12.1 Å². The Kier molecular flexibility index (Phi) is 6.52. The number of esters is 1. The molecule has 2 amide bonds.